The Morgan fingerprint density at radius 1 is 1.43 bits per heavy atom. The first-order valence-electron chi connectivity index (χ1n) is 4.02. The van der Waals surface area contributed by atoms with E-state index in [-0.39, 0.29) is 6.54 Å². The number of benzene rings is 1. The van der Waals surface area contributed by atoms with E-state index in [0.717, 1.165) is 0 Å². The second-order valence-electron chi connectivity index (χ2n) is 2.68. The normalized spacial score (nSPS) is 13.2. The van der Waals surface area contributed by atoms with Crippen LogP contribution in [0.3, 0.4) is 0 Å². The van der Waals surface area contributed by atoms with Gasteiger partial charge in [0.15, 0.2) is 0 Å². The number of rotatable bonds is 4. The quantitative estimate of drug-likeness (QED) is 0.848. The van der Waals surface area contributed by atoms with Crippen LogP contribution < -0.4 is 5.73 Å². The Morgan fingerprint density at radius 2 is 2.14 bits per heavy atom. The molecule has 2 nitrogen and oxygen atoms in total. The summed E-state index contributed by atoms with van der Waals surface area (Å²) in [4.78, 5) is 0. The maximum Gasteiger partial charge on any atom is 0.345 e. The summed E-state index contributed by atoms with van der Waals surface area (Å²) in [5.41, 5.74) is 5.86. The highest BCUT2D eigenvalue weighted by atomic mass is 35.5. The number of nitrogens with two attached hydrogens (primary N) is 1. The van der Waals surface area contributed by atoms with Crippen molar-refractivity contribution in [2.24, 2.45) is 5.73 Å². The lowest BCUT2D eigenvalue weighted by Crippen LogP contribution is -2.18. The van der Waals surface area contributed by atoms with Crippen molar-refractivity contribution in [3.05, 3.63) is 34.9 Å². The third-order valence-electron chi connectivity index (χ3n) is 1.70. The van der Waals surface area contributed by atoms with Gasteiger partial charge in [0.25, 0.3) is 0 Å². The van der Waals surface area contributed by atoms with Gasteiger partial charge in [0.05, 0.1) is 0 Å². The maximum absolute atomic E-state index is 11.9. The van der Waals surface area contributed by atoms with E-state index in [4.69, 9.17) is 17.3 Å². The van der Waals surface area contributed by atoms with E-state index >= 15 is 0 Å². The molecule has 0 heterocycles. The van der Waals surface area contributed by atoms with Gasteiger partial charge in [-0.25, -0.2) is 0 Å². The lowest BCUT2D eigenvalue weighted by atomic mass is 10.1. The number of hydrogen-bond acceptors (Lipinski definition) is 2. The van der Waals surface area contributed by atoms with Crippen LogP contribution in [-0.2, 0) is 4.74 Å². The van der Waals surface area contributed by atoms with E-state index in [2.05, 4.69) is 4.74 Å². The van der Waals surface area contributed by atoms with Gasteiger partial charge in [-0.15, -0.1) is 0 Å². The van der Waals surface area contributed by atoms with Crippen molar-refractivity contribution in [2.75, 3.05) is 6.54 Å². The summed E-state index contributed by atoms with van der Waals surface area (Å²) < 4.78 is 28.2. The van der Waals surface area contributed by atoms with Crippen molar-refractivity contribution in [3.8, 4) is 0 Å². The van der Waals surface area contributed by atoms with Crippen LogP contribution in [0.2, 0.25) is 5.02 Å². The molecule has 0 amide bonds. The molecule has 5 heteroatoms. The molecule has 0 radical (unpaired) electrons. The largest absolute Gasteiger partial charge is 0.345 e. The number of alkyl halides is 2. The zero-order chi connectivity index (χ0) is 10.6. The first-order chi connectivity index (χ1) is 6.63. The molecule has 0 fully saturated rings. The molecule has 0 aliphatic heterocycles. The van der Waals surface area contributed by atoms with Gasteiger partial charge >= 0.3 is 6.61 Å². The molecule has 0 aliphatic rings. The van der Waals surface area contributed by atoms with Crippen LogP contribution in [0, 0.1) is 0 Å². The Balaban J connectivity index is 2.78. The molecule has 0 saturated heterocycles. The fourth-order valence-electron chi connectivity index (χ4n) is 1.10. The SMILES string of the molecule is NCC(OC(F)F)c1cccc(Cl)c1. The fraction of sp³-hybridized carbons (Fsp3) is 0.333. The Morgan fingerprint density at radius 3 is 2.64 bits per heavy atom. The number of halogens is 3. The Labute approximate surface area is 85.6 Å². The van der Waals surface area contributed by atoms with Crippen LogP contribution in [0.25, 0.3) is 0 Å². The fourth-order valence-corrected chi connectivity index (χ4v) is 1.30. The van der Waals surface area contributed by atoms with Gasteiger partial charge in [0.1, 0.15) is 6.10 Å². The topological polar surface area (TPSA) is 35.2 Å². The first-order valence-corrected chi connectivity index (χ1v) is 4.40. The summed E-state index contributed by atoms with van der Waals surface area (Å²) in [6.45, 7) is -2.84. The zero-order valence-corrected chi connectivity index (χ0v) is 8.05. The van der Waals surface area contributed by atoms with Crippen LogP contribution >= 0.6 is 11.6 Å². The molecule has 14 heavy (non-hydrogen) atoms. The number of hydrogen-bond donors (Lipinski definition) is 1. The third kappa shape index (κ3) is 3.21. The Hall–Kier alpha value is -0.710. The number of ether oxygens (including phenoxy) is 1. The van der Waals surface area contributed by atoms with Crippen LogP contribution in [0.1, 0.15) is 11.7 Å². The molecule has 0 aromatic heterocycles. The van der Waals surface area contributed by atoms with Crippen molar-refractivity contribution in [2.45, 2.75) is 12.7 Å². The minimum atomic E-state index is -2.83. The first kappa shape index (κ1) is 11.4. The van der Waals surface area contributed by atoms with Gasteiger partial charge in [-0.05, 0) is 17.7 Å². The molecule has 1 unspecified atom stereocenters. The van der Waals surface area contributed by atoms with E-state index in [1.54, 1.807) is 24.3 Å². The zero-order valence-electron chi connectivity index (χ0n) is 7.29. The molecule has 1 aromatic rings. The molecule has 1 atom stereocenters. The molecule has 1 aromatic carbocycles. The highest BCUT2D eigenvalue weighted by Crippen LogP contribution is 2.21. The van der Waals surface area contributed by atoms with Crippen LogP contribution in [0.15, 0.2) is 24.3 Å². The molecule has 1 rings (SSSR count). The second-order valence-corrected chi connectivity index (χ2v) is 3.11. The Kier molecular flexibility index (Phi) is 4.25. The van der Waals surface area contributed by atoms with Gasteiger partial charge < -0.3 is 10.5 Å². The standard InChI is InChI=1S/C9H10ClF2NO/c10-7-3-1-2-6(4-7)8(5-13)14-9(11)12/h1-4,8-9H,5,13H2. The van der Waals surface area contributed by atoms with E-state index in [1.807, 2.05) is 0 Å². The summed E-state index contributed by atoms with van der Waals surface area (Å²) in [6, 6.07) is 6.52. The smallest absolute Gasteiger partial charge is 0.328 e. The molecular weight excluding hydrogens is 212 g/mol. The van der Waals surface area contributed by atoms with E-state index in [0.29, 0.717) is 10.6 Å². The van der Waals surface area contributed by atoms with Crippen molar-refractivity contribution in [1.82, 2.24) is 0 Å². The predicted octanol–water partition coefficient (Wildman–Crippen LogP) is 2.58. The highest BCUT2D eigenvalue weighted by Gasteiger charge is 2.15. The predicted molar refractivity (Wildman–Crippen MR) is 50.3 cm³/mol. The summed E-state index contributed by atoms with van der Waals surface area (Å²) in [5.74, 6) is 0. The van der Waals surface area contributed by atoms with Crippen molar-refractivity contribution in [1.29, 1.82) is 0 Å². The molecule has 0 saturated carbocycles. The van der Waals surface area contributed by atoms with Gasteiger partial charge in [-0.3, -0.25) is 0 Å². The molecule has 0 aliphatic carbocycles. The maximum atomic E-state index is 11.9. The van der Waals surface area contributed by atoms with E-state index < -0.39 is 12.7 Å². The van der Waals surface area contributed by atoms with Gasteiger partial charge in [0, 0.05) is 11.6 Å². The van der Waals surface area contributed by atoms with E-state index in [1.165, 1.54) is 0 Å². The average Bonchev–Trinajstić information content (AvgIpc) is 2.14. The summed E-state index contributed by atoms with van der Waals surface area (Å²) >= 11 is 5.70. The summed E-state index contributed by atoms with van der Waals surface area (Å²) in [6.07, 6.45) is -0.811. The van der Waals surface area contributed by atoms with Crippen molar-refractivity contribution in [3.63, 3.8) is 0 Å². The lowest BCUT2D eigenvalue weighted by Gasteiger charge is -2.15. The lowest BCUT2D eigenvalue weighted by molar-refractivity contribution is -0.162. The minimum absolute atomic E-state index is 0.00924. The third-order valence-corrected chi connectivity index (χ3v) is 1.94. The van der Waals surface area contributed by atoms with Crippen LogP contribution in [0.4, 0.5) is 8.78 Å². The van der Waals surface area contributed by atoms with Gasteiger partial charge in [0.2, 0.25) is 0 Å². The second kappa shape index (κ2) is 5.24. The molecule has 0 bridgehead atoms. The summed E-state index contributed by atoms with van der Waals surface area (Å²) in [7, 11) is 0. The van der Waals surface area contributed by atoms with Crippen molar-refractivity contribution < 1.29 is 13.5 Å². The van der Waals surface area contributed by atoms with Gasteiger partial charge in [-0.1, -0.05) is 23.7 Å². The van der Waals surface area contributed by atoms with E-state index in [9.17, 15) is 8.78 Å². The summed E-state index contributed by atoms with van der Waals surface area (Å²) in [5, 5.41) is 0.471. The monoisotopic (exact) mass is 221 g/mol. The van der Waals surface area contributed by atoms with Crippen molar-refractivity contribution >= 4 is 11.6 Å². The highest BCUT2D eigenvalue weighted by molar-refractivity contribution is 6.30. The minimum Gasteiger partial charge on any atom is -0.328 e. The van der Waals surface area contributed by atoms with Crippen LogP contribution in [0.5, 0.6) is 0 Å². The van der Waals surface area contributed by atoms with Gasteiger partial charge in [-0.2, -0.15) is 8.78 Å². The van der Waals surface area contributed by atoms with Crippen LogP contribution in [-0.4, -0.2) is 13.2 Å². The molecule has 78 valence electrons. The molecule has 2 N–H and O–H groups in total. The Bertz CT molecular complexity index is 296. The molecular formula is C9H10ClF2NO. The molecule has 0 spiro atoms. The average molecular weight is 222 g/mol.